The van der Waals surface area contributed by atoms with Crippen molar-refractivity contribution >= 4 is 40.2 Å². The summed E-state index contributed by atoms with van der Waals surface area (Å²) in [6.45, 7) is 5.30. The van der Waals surface area contributed by atoms with Gasteiger partial charge in [-0.05, 0) is 49.4 Å². The van der Waals surface area contributed by atoms with Gasteiger partial charge < -0.3 is 28.8 Å². The van der Waals surface area contributed by atoms with Crippen molar-refractivity contribution in [2.24, 2.45) is 0 Å². The van der Waals surface area contributed by atoms with Gasteiger partial charge in [-0.15, -0.1) is 0 Å². The second-order valence-electron chi connectivity index (χ2n) is 11.4. The number of ether oxygens (including phenoxy) is 2. The standard InChI is InChI=1S/C33H34Cl2N6O5/c1-2-40-21-36-16-25(40)17-41-29-13-22(32(43)44)3-5-28(29)38-31(41)18-39-11-8-33(20-42,9-12-39)46-26-7-10-37-24(15-26)19-45-30-6-4-23(34)14-27(30)35/h3-7,10,13-16,21,42H,2,8-9,11-12,17-20H2,1H3,(H,43,44). The van der Waals surface area contributed by atoms with E-state index in [1.54, 1.807) is 55.0 Å². The van der Waals surface area contributed by atoms with Gasteiger partial charge in [0.1, 0.15) is 29.5 Å². The first kappa shape index (κ1) is 31.8. The van der Waals surface area contributed by atoms with Crippen LogP contribution in [0, 0.1) is 0 Å². The first-order valence-electron chi connectivity index (χ1n) is 15.0. The molecule has 0 saturated carbocycles. The lowest BCUT2D eigenvalue weighted by molar-refractivity contribution is -0.0412. The van der Waals surface area contributed by atoms with Crippen LogP contribution in [-0.2, 0) is 26.2 Å². The number of pyridine rings is 1. The van der Waals surface area contributed by atoms with Gasteiger partial charge in [0.05, 0.1) is 59.0 Å². The Kier molecular flexibility index (Phi) is 9.46. The van der Waals surface area contributed by atoms with Crippen LogP contribution in [0.3, 0.4) is 0 Å². The molecule has 2 aromatic carbocycles. The number of aliphatic hydroxyl groups excluding tert-OH is 1. The van der Waals surface area contributed by atoms with Gasteiger partial charge in [0.25, 0.3) is 0 Å². The predicted molar refractivity (Wildman–Crippen MR) is 174 cm³/mol. The molecule has 46 heavy (non-hydrogen) atoms. The first-order chi connectivity index (χ1) is 22.3. The van der Waals surface area contributed by atoms with Gasteiger partial charge in [0.15, 0.2) is 0 Å². The molecule has 6 rings (SSSR count). The smallest absolute Gasteiger partial charge is 0.335 e. The average molecular weight is 666 g/mol. The Morgan fingerprint density at radius 3 is 2.63 bits per heavy atom. The third-order valence-electron chi connectivity index (χ3n) is 8.35. The van der Waals surface area contributed by atoms with Crippen LogP contribution >= 0.6 is 23.2 Å². The molecule has 2 N–H and O–H groups in total. The lowest BCUT2D eigenvalue weighted by Crippen LogP contribution is -2.50. The molecule has 13 heteroatoms. The number of imidazole rings is 2. The maximum absolute atomic E-state index is 11.7. The second-order valence-corrected chi connectivity index (χ2v) is 12.2. The van der Waals surface area contributed by atoms with E-state index in [4.69, 9.17) is 37.7 Å². The van der Waals surface area contributed by atoms with Gasteiger partial charge >= 0.3 is 5.97 Å². The van der Waals surface area contributed by atoms with E-state index in [1.807, 2.05) is 12.3 Å². The molecule has 11 nitrogen and oxygen atoms in total. The summed E-state index contributed by atoms with van der Waals surface area (Å²) in [6.07, 6.45) is 6.48. The molecule has 0 radical (unpaired) electrons. The minimum atomic E-state index is -0.981. The molecular weight excluding hydrogens is 631 g/mol. The molecule has 240 valence electrons. The highest BCUT2D eigenvalue weighted by Crippen LogP contribution is 2.31. The summed E-state index contributed by atoms with van der Waals surface area (Å²) in [6, 6.07) is 13.6. The highest BCUT2D eigenvalue weighted by molar-refractivity contribution is 6.35. The second kappa shape index (κ2) is 13.7. The van der Waals surface area contributed by atoms with Crippen LogP contribution in [0.2, 0.25) is 10.0 Å². The maximum Gasteiger partial charge on any atom is 0.335 e. The number of carbonyl (C=O) groups is 1. The summed E-state index contributed by atoms with van der Waals surface area (Å²) in [7, 11) is 0. The number of aliphatic hydroxyl groups is 1. The Bertz CT molecular complexity index is 1850. The van der Waals surface area contributed by atoms with Crippen molar-refractivity contribution in [1.29, 1.82) is 0 Å². The number of aryl methyl sites for hydroxylation is 1. The summed E-state index contributed by atoms with van der Waals surface area (Å²) >= 11 is 12.2. The van der Waals surface area contributed by atoms with Crippen LogP contribution in [0.1, 0.15) is 47.3 Å². The Morgan fingerprint density at radius 2 is 1.89 bits per heavy atom. The number of aromatic carboxylic acids is 1. The third kappa shape index (κ3) is 6.97. The molecule has 0 amide bonds. The summed E-state index contributed by atoms with van der Waals surface area (Å²) in [5, 5.41) is 21.0. The van der Waals surface area contributed by atoms with Crippen LogP contribution in [-0.4, -0.2) is 70.5 Å². The van der Waals surface area contributed by atoms with Crippen LogP contribution in [0.25, 0.3) is 11.0 Å². The maximum atomic E-state index is 11.7. The third-order valence-corrected chi connectivity index (χ3v) is 8.88. The molecule has 1 aliphatic heterocycles. The number of rotatable bonds is 12. The van der Waals surface area contributed by atoms with E-state index in [1.165, 1.54) is 0 Å². The van der Waals surface area contributed by atoms with Gasteiger partial charge in [0, 0.05) is 56.0 Å². The van der Waals surface area contributed by atoms with E-state index >= 15 is 0 Å². The summed E-state index contributed by atoms with van der Waals surface area (Å²) < 4.78 is 16.4. The molecule has 1 fully saturated rings. The molecule has 3 aromatic heterocycles. The Labute approximate surface area is 275 Å². The SMILES string of the molecule is CCn1cncc1Cn1c(CN2CCC(CO)(Oc3ccnc(COc4ccc(Cl)cc4Cl)c3)CC2)nc2ccc(C(=O)O)cc21. The fourth-order valence-corrected chi connectivity index (χ4v) is 6.20. The van der Waals surface area contributed by atoms with Crippen LogP contribution in [0.15, 0.2) is 67.3 Å². The molecular formula is C33H34Cl2N6O5. The molecule has 0 atom stereocenters. The number of piperidine rings is 1. The number of benzene rings is 2. The minimum Gasteiger partial charge on any atom is -0.486 e. The molecule has 0 unspecified atom stereocenters. The fraction of sp³-hybridized carbons (Fsp3) is 0.333. The van der Waals surface area contributed by atoms with E-state index in [0.29, 0.717) is 66.3 Å². The molecule has 4 heterocycles. The van der Waals surface area contributed by atoms with Crippen molar-refractivity contribution in [2.45, 2.75) is 51.6 Å². The largest absolute Gasteiger partial charge is 0.486 e. The molecule has 0 spiro atoms. The van der Waals surface area contributed by atoms with E-state index in [9.17, 15) is 15.0 Å². The molecule has 0 aliphatic carbocycles. The topological polar surface area (TPSA) is 128 Å². The number of halogens is 2. The lowest BCUT2D eigenvalue weighted by atomic mass is 9.91. The number of likely N-dealkylation sites (tertiary alicyclic amines) is 1. The highest BCUT2D eigenvalue weighted by atomic mass is 35.5. The number of carboxylic acids is 1. The molecule has 1 aliphatic rings. The van der Waals surface area contributed by atoms with Gasteiger partial charge in [0.2, 0.25) is 0 Å². The number of nitrogens with zero attached hydrogens (tertiary/aromatic N) is 6. The van der Waals surface area contributed by atoms with Gasteiger partial charge in [-0.2, -0.15) is 0 Å². The zero-order valence-electron chi connectivity index (χ0n) is 25.3. The zero-order valence-corrected chi connectivity index (χ0v) is 26.8. The minimum absolute atomic E-state index is 0.132. The monoisotopic (exact) mass is 664 g/mol. The van der Waals surface area contributed by atoms with Crippen LogP contribution < -0.4 is 9.47 Å². The number of hydrogen-bond acceptors (Lipinski definition) is 8. The van der Waals surface area contributed by atoms with E-state index in [-0.39, 0.29) is 18.8 Å². The van der Waals surface area contributed by atoms with Gasteiger partial charge in [-0.25, -0.2) is 14.8 Å². The Morgan fingerprint density at radius 1 is 1.07 bits per heavy atom. The normalized spacial score (nSPS) is 14.9. The van der Waals surface area contributed by atoms with Crippen LogP contribution in [0.4, 0.5) is 0 Å². The lowest BCUT2D eigenvalue weighted by Gasteiger charge is -2.40. The summed E-state index contributed by atoms with van der Waals surface area (Å²) in [4.78, 5) is 27.6. The fourth-order valence-electron chi connectivity index (χ4n) is 5.73. The Hall–Kier alpha value is -4.16. The van der Waals surface area contributed by atoms with E-state index < -0.39 is 11.6 Å². The highest BCUT2D eigenvalue weighted by Gasteiger charge is 2.37. The van der Waals surface area contributed by atoms with Crippen molar-refractivity contribution < 1.29 is 24.5 Å². The van der Waals surface area contributed by atoms with Crippen LogP contribution in [0.5, 0.6) is 11.5 Å². The first-order valence-corrected chi connectivity index (χ1v) is 15.8. The quantitative estimate of drug-likeness (QED) is 0.173. The average Bonchev–Trinajstić information content (AvgIpc) is 3.65. The van der Waals surface area contributed by atoms with Gasteiger partial charge in [-0.1, -0.05) is 23.2 Å². The predicted octanol–water partition coefficient (Wildman–Crippen LogP) is 5.69. The molecule has 0 bridgehead atoms. The number of aromatic nitrogens is 5. The van der Waals surface area contributed by atoms with E-state index in [0.717, 1.165) is 29.1 Å². The zero-order chi connectivity index (χ0) is 32.3. The Balaban J connectivity index is 1.15. The number of carboxylic acid groups (broad SMARTS) is 1. The van der Waals surface area contributed by atoms with Crippen molar-refractivity contribution in [3.63, 3.8) is 0 Å². The number of fused-ring (bicyclic) bond motifs is 1. The number of hydrogen-bond donors (Lipinski definition) is 2. The summed E-state index contributed by atoms with van der Waals surface area (Å²) in [5.74, 6) is 0.955. The molecule has 1 saturated heterocycles. The summed E-state index contributed by atoms with van der Waals surface area (Å²) in [5.41, 5.74) is 2.63. The van der Waals surface area contributed by atoms with Crippen molar-refractivity contribution in [3.8, 4) is 11.5 Å². The molecule has 5 aromatic rings. The van der Waals surface area contributed by atoms with E-state index in [2.05, 4.69) is 30.9 Å². The van der Waals surface area contributed by atoms with Crippen molar-refractivity contribution in [3.05, 3.63) is 100 Å². The van der Waals surface area contributed by atoms with Gasteiger partial charge in [-0.3, -0.25) is 9.88 Å². The van der Waals surface area contributed by atoms with Crippen molar-refractivity contribution in [1.82, 2.24) is 29.0 Å². The van der Waals surface area contributed by atoms with Crippen molar-refractivity contribution in [2.75, 3.05) is 19.7 Å².